The SMILES string of the molecule is O=[N+]([O-])[13CH2]Cc1ccc[nH]1. The summed E-state index contributed by atoms with van der Waals surface area (Å²) in [5.41, 5.74) is 0.914. The first-order chi connectivity index (χ1) is 4.79. The van der Waals surface area contributed by atoms with Crippen molar-refractivity contribution in [3.63, 3.8) is 0 Å². The predicted octanol–water partition coefficient (Wildman–Crippen LogP) is 0.834. The second-order valence-corrected chi connectivity index (χ2v) is 2.00. The van der Waals surface area contributed by atoms with Crippen LogP contribution in [0.2, 0.25) is 0 Å². The number of nitro groups is 1. The molecule has 0 fully saturated rings. The Morgan fingerprint density at radius 2 is 2.50 bits per heavy atom. The predicted molar refractivity (Wildman–Crippen MR) is 36.4 cm³/mol. The first-order valence-electron chi connectivity index (χ1n) is 3.03. The summed E-state index contributed by atoms with van der Waals surface area (Å²) in [4.78, 5) is 12.5. The Morgan fingerprint density at radius 3 is 3.00 bits per heavy atom. The number of hydrogen-bond acceptors (Lipinski definition) is 2. The van der Waals surface area contributed by atoms with Gasteiger partial charge in [0.05, 0.1) is 6.42 Å². The zero-order valence-corrected chi connectivity index (χ0v) is 5.41. The van der Waals surface area contributed by atoms with Gasteiger partial charge in [0, 0.05) is 16.8 Å². The van der Waals surface area contributed by atoms with E-state index in [1.807, 2.05) is 12.1 Å². The highest BCUT2D eigenvalue weighted by Crippen LogP contribution is 1.94. The molecule has 0 saturated heterocycles. The fourth-order valence-corrected chi connectivity index (χ4v) is 0.735. The number of nitrogens with zero attached hydrogens (tertiary/aromatic N) is 1. The molecule has 54 valence electrons. The molecular formula is C6H8N2O2. The second-order valence-electron chi connectivity index (χ2n) is 2.00. The van der Waals surface area contributed by atoms with E-state index in [0.29, 0.717) is 6.42 Å². The number of H-pyrrole nitrogens is 1. The van der Waals surface area contributed by atoms with Crippen LogP contribution in [0.15, 0.2) is 18.3 Å². The number of rotatable bonds is 3. The molecule has 0 radical (unpaired) electrons. The van der Waals surface area contributed by atoms with Gasteiger partial charge in [-0.15, -0.1) is 0 Å². The molecule has 0 saturated carbocycles. The summed E-state index contributed by atoms with van der Waals surface area (Å²) in [5.74, 6) is 0. The monoisotopic (exact) mass is 141 g/mol. The topological polar surface area (TPSA) is 58.9 Å². The summed E-state index contributed by atoms with van der Waals surface area (Å²) in [5, 5.41) is 9.89. The van der Waals surface area contributed by atoms with Crippen LogP contribution in [-0.2, 0) is 6.42 Å². The Kier molecular flexibility index (Phi) is 2.04. The van der Waals surface area contributed by atoms with Crippen LogP contribution in [0.25, 0.3) is 0 Å². The summed E-state index contributed by atoms with van der Waals surface area (Å²) < 4.78 is 0. The standard InChI is InChI=1S/C6H8N2O2/c9-8(10)5-3-6-2-1-4-7-6/h1-2,4,7H,3,5H2/i5+1. The van der Waals surface area contributed by atoms with Crippen LogP contribution >= 0.6 is 0 Å². The summed E-state index contributed by atoms with van der Waals surface area (Å²) in [6.45, 7) is 0.000509. The zero-order chi connectivity index (χ0) is 7.40. The van der Waals surface area contributed by atoms with Gasteiger partial charge in [-0.25, -0.2) is 0 Å². The molecule has 1 aromatic rings. The molecule has 10 heavy (non-hydrogen) atoms. The first-order valence-corrected chi connectivity index (χ1v) is 3.03. The van der Waals surface area contributed by atoms with Gasteiger partial charge in [0.1, 0.15) is 0 Å². The molecule has 0 aromatic carbocycles. The van der Waals surface area contributed by atoms with E-state index in [9.17, 15) is 10.1 Å². The molecule has 0 aliphatic heterocycles. The maximum absolute atomic E-state index is 9.89. The van der Waals surface area contributed by atoms with Gasteiger partial charge in [0.25, 0.3) is 0 Å². The van der Waals surface area contributed by atoms with Gasteiger partial charge in [-0.05, 0) is 12.1 Å². The van der Waals surface area contributed by atoms with Crippen LogP contribution in [0.4, 0.5) is 0 Å². The highest BCUT2D eigenvalue weighted by molar-refractivity contribution is 5.03. The Hall–Kier alpha value is -1.32. The Balaban J connectivity index is 2.35. The second kappa shape index (κ2) is 3.00. The number of nitrogens with one attached hydrogen (secondary N) is 1. The zero-order valence-electron chi connectivity index (χ0n) is 5.41. The lowest BCUT2D eigenvalue weighted by Gasteiger charge is -1.89. The molecule has 4 nitrogen and oxygen atoms in total. The van der Waals surface area contributed by atoms with E-state index in [0.717, 1.165) is 5.69 Å². The minimum absolute atomic E-state index is 0.000509. The third-order valence-corrected chi connectivity index (χ3v) is 1.23. The number of aromatic amines is 1. The Labute approximate surface area is 58.0 Å². The molecule has 0 bridgehead atoms. The molecule has 1 rings (SSSR count). The van der Waals surface area contributed by atoms with E-state index in [-0.39, 0.29) is 11.5 Å². The van der Waals surface area contributed by atoms with Gasteiger partial charge in [0.15, 0.2) is 0 Å². The van der Waals surface area contributed by atoms with Crippen LogP contribution in [0.1, 0.15) is 5.69 Å². The molecular weight excluding hydrogens is 133 g/mol. The van der Waals surface area contributed by atoms with Gasteiger partial charge in [-0.3, -0.25) is 10.1 Å². The van der Waals surface area contributed by atoms with Gasteiger partial charge < -0.3 is 4.98 Å². The van der Waals surface area contributed by atoms with Crippen molar-refractivity contribution in [3.05, 3.63) is 34.1 Å². The molecule has 0 atom stereocenters. The minimum Gasteiger partial charge on any atom is -0.365 e. The maximum Gasteiger partial charge on any atom is 0.209 e. The van der Waals surface area contributed by atoms with Crippen molar-refractivity contribution in [3.8, 4) is 0 Å². The van der Waals surface area contributed by atoms with E-state index in [1.165, 1.54) is 0 Å². The Morgan fingerprint density at radius 1 is 1.70 bits per heavy atom. The van der Waals surface area contributed by atoms with Crippen molar-refractivity contribution >= 4 is 0 Å². The van der Waals surface area contributed by atoms with E-state index >= 15 is 0 Å². The quantitative estimate of drug-likeness (QED) is 0.385. The van der Waals surface area contributed by atoms with Crippen molar-refractivity contribution < 1.29 is 4.92 Å². The van der Waals surface area contributed by atoms with E-state index in [1.54, 1.807) is 6.20 Å². The highest BCUT2D eigenvalue weighted by atomic mass is 16.6. The normalized spacial score (nSPS) is 9.60. The van der Waals surface area contributed by atoms with Crippen LogP contribution in [-0.4, -0.2) is 16.5 Å². The fraction of sp³-hybridized carbons (Fsp3) is 0.333. The van der Waals surface area contributed by atoms with Crippen molar-refractivity contribution in [1.29, 1.82) is 0 Å². The third-order valence-electron chi connectivity index (χ3n) is 1.23. The van der Waals surface area contributed by atoms with E-state index in [2.05, 4.69) is 4.98 Å². The lowest BCUT2D eigenvalue weighted by molar-refractivity contribution is -0.479. The van der Waals surface area contributed by atoms with Gasteiger partial charge in [-0.1, -0.05) is 0 Å². The molecule has 1 aromatic heterocycles. The first kappa shape index (κ1) is 6.80. The molecule has 0 aliphatic carbocycles. The average molecular weight is 141 g/mol. The largest absolute Gasteiger partial charge is 0.365 e. The number of aromatic nitrogens is 1. The summed E-state index contributed by atoms with van der Waals surface area (Å²) in [6.07, 6.45) is 2.25. The van der Waals surface area contributed by atoms with E-state index < -0.39 is 0 Å². The van der Waals surface area contributed by atoms with Crippen LogP contribution in [0.5, 0.6) is 0 Å². The lowest BCUT2D eigenvalue weighted by atomic mass is 10.4. The van der Waals surface area contributed by atoms with Gasteiger partial charge in [0.2, 0.25) is 6.54 Å². The van der Waals surface area contributed by atoms with Gasteiger partial charge >= 0.3 is 0 Å². The molecule has 4 heteroatoms. The lowest BCUT2D eigenvalue weighted by Crippen LogP contribution is -2.03. The third kappa shape index (κ3) is 1.89. The molecule has 0 amide bonds. The van der Waals surface area contributed by atoms with Crippen LogP contribution in [0, 0.1) is 10.1 Å². The molecule has 0 spiro atoms. The van der Waals surface area contributed by atoms with Crippen LogP contribution < -0.4 is 0 Å². The number of hydrogen-bond donors (Lipinski definition) is 1. The molecule has 1 N–H and O–H groups in total. The fourth-order valence-electron chi connectivity index (χ4n) is 0.735. The molecule has 0 aliphatic rings. The average Bonchev–Trinajstić information content (AvgIpc) is 2.34. The molecule has 1 heterocycles. The Bertz CT molecular complexity index is 206. The van der Waals surface area contributed by atoms with Gasteiger partial charge in [-0.2, -0.15) is 0 Å². The van der Waals surface area contributed by atoms with Crippen molar-refractivity contribution in [2.24, 2.45) is 0 Å². The van der Waals surface area contributed by atoms with Crippen molar-refractivity contribution in [1.82, 2.24) is 4.98 Å². The van der Waals surface area contributed by atoms with E-state index in [4.69, 9.17) is 0 Å². The van der Waals surface area contributed by atoms with Crippen LogP contribution in [0.3, 0.4) is 0 Å². The summed E-state index contributed by atoms with van der Waals surface area (Å²) in [6, 6.07) is 3.67. The maximum atomic E-state index is 9.89. The summed E-state index contributed by atoms with van der Waals surface area (Å²) in [7, 11) is 0. The van der Waals surface area contributed by atoms with Crippen molar-refractivity contribution in [2.75, 3.05) is 6.54 Å². The van der Waals surface area contributed by atoms with Crippen molar-refractivity contribution in [2.45, 2.75) is 6.42 Å². The molecule has 0 unspecified atom stereocenters. The summed E-state index contributed by atoms with van der Waals surface area (Å²) >= 11 is 0. The highest BCUT2D eigenvalue weighted by Gasteiger charge is 1.98. The minimum atomic E-state index is -0.319. The smallest absolute Gasteiger partial charge is 0.209 e.